The van der Waals surface area contributed by atoms with Gasteiger partial charge in [0.2, 0.25) is 10.0 Å². The largest absolute Gasteiger partial charge is 0.493 e. The second kappa shape index (κ2) is 4.07. The number of para-hydroxylation sites is 1. The monoisotopic (exact) mass is 241 g/mol. The Bertz CT molecular complexity index is 484. The molecule has 1 heterocycles. The van der Waals surface area contributed by atoms with Gasteiger partial charge in [-0.25, -0.2) is 8.42 Å². The third kappa shape index (κ3) is 2.05. The molecule has 1 aromatic rings. The summed E-state index contributed by atoms with van der Waals surface area (Å²) in [6.45, 7) is 0.557. The molecule has 0 saturated heterocycles. The maximum Gasteiger partial charge on any atom is 0.211 e. The Labute approximate surface area is 95.9 Å². The summed E-state index contributed by atoms with van der Waals surface area (Å²) in [5.41, 5.74) is 0.946. The standard InChI is InChI=1S/C11H15NO3S/c1-12(16(2,13)14)10-7-8-15-11-6-4-3-5-9(10)11/h3-6,10H,7-8H2,1-2H3. The van der Waals surface area contributed by atoms with Crippen LogP contribution in [0.3, 0.4) is 0 Å². The van der Waals surface area contributed by atoms with Crippen molar-refractivity contribution in [2.75, 3.05) is 19.9 Å². The van der Waals surface area contributed by atoms with Crippen LogP contribution in [0, 0.1) is 0 Å². The molecule has 1 aromatic carbocycles. The van der Waals surface area contributed by atoms with Crippen LogP contribution in [0.15, 0.2) is 24.3 Å². The lowest BCUT2D eigenvalue weighted by Gasteiger charge is -2.31. The van der Waals surface area contributed by atoms with E-state index in [1.807, 2.05) is 24.3 Å². The number of nitrogens with zero attached hydrogens (tertiary/aromatic N) is 1. The molecule has 0 aromatic heterocycles. The van der Waals surface area contributed by atoms with Crippen LogP contribution in [-0.4, -0.2) is 32.6 Å². The van der Waals surface area contributed by atoms with Crippen molar-refractivity contribution in [3.05, 3.63) is 29.8 Å². The smallest absolute Gasteiger partial charge is 0.211 e. The fourth-order valence-corrected chi connectivity index (χ4v) is 2.61. The van der Waals surface area contributed by atoms with E-state index in [-0.39, 0.29) is 6.04 Å². The lowest BCUT2D eigenvalue weighted by molar-refractivity contribution is 0.221. The summed E-state index contributed by atoms with van der Waals surface area (Å²) < 4.78 is 30.0. The van der Waals surface area contributed by atoms with Crippen molar-refractivity contribution in [2.45, 2.75) is 12.5 Å². The molecule has 0 radical (unpaired) electrons. The molecule has 0 fully saturated rings. The molecule has 0 amide bonds. The van der Waals surface area contributed by atoms with E-state index in [1.54, 1.807) is 7.05 Å². The Morgan fingerprint density at radius 1 is 1.38 bits per heavy atom. The second-order valence-electron chi connectivity index (χ2n) is 3.97. The average molecular weight is 241 g/mol. The molecule has 1 atom stereocenters. The normalized spacial score (nSPS) is 20.3. The fraction of sp³-hybridized carbons (Fsp3) is 0.455. The highest BCUT2D eigenvalue weighted by Gasteiger charge is 2.29. The molecular weight excluding hydrogens is 226 g/mol. The first-order chi connectivity index (χ1) is 7.50. The first-order valence-electron chi connectivity index (χ1n) is 5.15. The van der Waals surface area contributed by atoms with E-state index in [9.17, 15) is 8.42 Å². The Balaban J connectivity index is 2.39. The minimum Gasteiger partial charge on any atom is -0.493 e. The highest BCUT2D eigenvalue weighted by molar-refractivity contribution is 7.88. The molecule has 1 aliphatic heterocycles. The van der Waals surface area contributed by atoms with E-state index in [4.69, 9.17) is 4.74 Å². The quantitative estimate of drug-likeness (QED) is 0.786. The van der Waals surface area contributed by atoms with Crippen LogP contribution < -0.4 is 4.74 Å². The van der Waals surface area contributed by atoms with Crippen LogP contribution in [0.5, 0.6) is 5.75 Å². The lowest BCUT2D eigenvalue weighted by atomic mass is 10.0. The molecule has 0 spiro atoms. The fourth-order valence-electron chi connectivity index (χ4n) is 1.93. The number of hydrogen-bond donors (Lipinski definition) is 0. The maximum atomic E-state index is 11.5. The zero-order chi connectivity index (χ0) is 11.8. The van der Waals surface area contributed by atoms with Crippen molar-refractivity contribution in [1.29, 1.82) is 0 Å². The Hall–Kier alpha value is -1.07. The van der Waals surface area contributed by atoms with Crippen LogP contribution in [-0.2, 0) is 10.0 Å². The molecule has 2 rings (SSSR count). The number of sulfonamides is 1. The first kappa shape index (κ1) is 11.4. The second-order valence-corrected chi connectivity index (χ2v) is 6.01. The molecule has 1 unspecified atom stereocenters. The van der Waals surface area contributed by atoms with E-state index in [0.717, 1.165) is 11.3 Å². The number of ether oxygens (including phenoxy) is 1. The maximum absolute atomic E-state index is 11.5. The van der Waals surface area contributed by atoms with Gasteiger partial charge < -0.3 is 4.74 Å². The predicted molar refractivity (Wildman–Crippen MR) is 61.9 cm³/mol. The summed E-state index contributed by atoms with van der Waals surface area (Å²) in [5.74, 6) is 0.786. The lowest BCUT2D eigenvalue weighted by Crippen LogP contribution is -2.33. The Morgan fingerprint density at radius 2 is 2.06 bits per heavy atom. The summed E-state index contributed by atoms with van der Waals surface area (Å²) in [7, 11) is -1.55. The van der Waals surface area contributed by atoms with Crippen molar-refractivity contribution < 1.29 is 13.2 Å². The van der Waals surface area contributed by atoms with Gasteiger partial charge in [-0.1, -0.05) is 18.2 Å². The zero-order valence-corrected chi connectivity index (χ0v) is 10.2. The highest BCUT2D eigenvalue weighted by atomic mass is 32.2. The molecule has 0 aliphatic carbocycles. The summed E-state index contributed by atoms with van der Waals surface area (Å²) in [6.07, 6.45) is 1.92. The minimum atomic E-state index is -3.17. The number of rotatable bonds is 2. The van der Waals surface area contributed by atoms with Crippen LogP contribution in [0.2, 0.25) is 0 Å². The van der Waals surface area contributed by atoms with E-state index >= 15 is 0 Å². The molecule has 4 nitrogen and oxygen atoms in total. The molecule has 0 saturated carbocycles. The predicted octanol–water partition coefficient (Wildman–Crippen LogP) is 1.40. The van der Waals surface area contributed by atoms with Gasteiger partial charge in [0.1, 0.15) is 5.75 Å². The first-order valence-corrected chi connectivity index (χ1v) is 6.99. The van der Waals surface area contributed by atoms with Crippen molar-refractivity contribution in [3.63, 3.8) is 0 Å². The third-order valence-corrected chi connectivity index (χ3v) is 4.19. The molecule has 0 bridgehead atoms. The van der Waals surface area contributed by atoms with Crippen LogP contribution >= 0.6 is 0 Å². The molecule has 16 heavy (non-hydrogen) atoms. The zero-order valence-electron chi connectivity index (χ0n) is 9.38. The number of hydrogen-bond acceptors (Lipinski definition) is 3. The Morgan fingerprint density at radius 3 is 2.75 bits per heavy atom. The van der Waals surface area contributed by atoms with Crippen molar-refractivity contribution in [3.8, 4) is 5.75 Å². The van der Waals surface area contributed by atoms with Gasteiger partial charge in [0.05, 0.1) is 18.9 Å². The number of benzene rings is 1. The summed E-state index contributed by atoms with van der Waals surface area (Å²) in [6, 6.07) is 7.47. The van der Waals surface area contributed by atoms with Crippen molar-refractivity contribution in [2.24, 2.45) is 0 Å². The average Bonchev–Trinajstić information content (AvgIpc) is 2.26. The van der Waals surface area contributed by atoms with E-state index in [1.165, 1.54) is 10.6 Å². The van der Waals surface area contributed by atoms with Gasteiger partial charge in [-0.15, -0.1) is 0 Å². The minimum absolute atomic E-state index is 0.111. The van der Waals surface area contributed by atoms with Gasteiger partial charge in [0, 0.05) is 19.0 Å². The summed E-state index contributed by atoms with van der Waals surface area (Å²) in [5, 5.41) is 0. The molecule has 88 valence electrons. The molecule has 5 heteroatoms. The molecular formula is C11H15NO3S. The van der Waals surface area contributed by atoms with Gasteiger partial charge in [-0.05, 0) is 6.07 Å². The van der Waals surface area contributed by atoms with Gasteiger partial charge in [-0.3, -0.25) is 0 Å². The van der Waals surface area contributed by atoms with Gasteiger partial charge in [0.25, 0.3) is 0 Å². The van der Waals surface area contributed by atoms with Crippen LogP contribution in [0.4, 0.5) is 0 Å². The third-order valence-electron chi connectivity index (χ3n) is 2.89. The van der Waals surface area contributed by atoms with E-state index in [2.05, 4.69) is 0 Å². The summed E-state index contributed by atoms with van der Waals surface area (Å²) >= 11 is 0. The topological polar surface area (TPSA) is 46.6 Å². The van der Waals surface area contributed by atoms with E-state index < -0.39 is 10.0 Å². The Kier molecular flexibility index (Phi) is 2.90. The van der Waals surface area contributed by atoms with Crippen LogP contribution in [0.25, 0.3) is 0 Å². The van der Waals surface area contributed by atoms with Crippen molar-refractivity contribution >= 4 is 10.0 Å². The SMILES string of the molecule is CN(C1CCOc2ccccc21)S(C)(=O)=O. The van der Waals surface area contributed by atoms with Gasteiger partial charge in [-0.2, -0.15) is 4.31 Å². The highest BCUT2D eigenvalue weighted by Crippen LogP contribution is 2.35. The van der Waals surface area contributed by atoms with Gasteiger partial charge in [0.15, 0.2) is 0 Å². The van der Waals surface area contributed by atoms with Crippen molar-refractivity contribution in [1.82, 2.24) is 4.31 Å². The summed E-state index contributed by atoms with van der Waals surface area (Å²) in [4.78, 5) is 0. The molecule has 0 N–H and O–H groups in total. The van der Waals surface area contributed by atoms with Crippen LogP contribution in [0.1, 0.15) is 18.0 Å². The van der Waals surface area contributed by atoms with E-state index in [0.29, 0.717) is 13.0 Å². The molecule has 1 aliphatic rings. The number of fused-ring (bicyclic) bond motifs is 1. The van der Waals surface area contributed by atoms with Gasteiger partial charge >= 0.3 is 0 Å².